The van der Waals surface area contributed by atoms with Crippen molar-refractivity contribution in [3.63, 3.8) is 0 Å². The van der Waals surface area contributed by atoms with Crippen molar-refractivity contribution in [3.8, 4) is 0 Å². The van der Waals surface area contributed by atoms with Gasteiger partial charge in [-0.2, -0.15) is 5.10 Å². The van der Waals surface area contributed by atoms with Crippen LogP contribution in [0.25, 0.3) is 0 Å². The summed E-state index contributed by atoms with van der Waals surface area (Å²) in [6.45, 7) is 6.72. The number of piperidine rings is 1. The summed E-state index contributed by atoms with van der Waals surface area (Å²) >= 11 is 0. The van der Waals surface area contributed by atoms with E-state index in [1.165, 1.54) is 4.68 Å². The molecule has 1 amide bonds. The maximum Gasteiger partial charge on any atom is 0.410 e. The minimum atomic E-state index is -0.908. The number of ether oxygens (including phenoxy) is 1. The SMILES string of the molecule is CC(C)(C)OC(=O)N1CCC(c2cnn(CC(=O)O)c2)CC1. The molecule has 122 valence electrons. The summed E-state index contributed by atoms with van der Waals surface area (Å²) in [6.07, 6.45) is 4.89. The summed E-state index contributed by atoms with van der Waals surface area (Å²) in [4.78, 5) is 24.4. The monoisotopic (exact) mass is 309 g/mol. The zero-order valence-corrected chi connectivity index (χ0v) is 13.3. The smallest absolute Gasteiger partial charge is 0.410 e. The van der Waals surface area contributed by atoms with E-state index in [0.29, 0.717) is 19.0 Å². The van der Waals surface area contributed by atoms with Crippen LogP contribution in [-0.4, -0.2) is 50.5 Å². The third-order valence-electron chi connectivity index (χ3n) is 3.57. The Hall–Kier alpha value is -2.05. The van der Waals surface area contributed by atoms with Crippen LogP contribution in [-0.2, 0) is 16.1 Å². The van der Waals surface area contributed by atoms with E-state index in [4.69, 9.17) is 9.84 Å². The van der Waals surface area contributed by atoms with Crippen LogP contribution in [0.3, 0.4) is 0 Å². The van der Waals surface area contributed by atoms with Crippen LogP contribution in [0.5, 0.6) is 0 Å². The number of aromatic nitrogens is 2. The van der Waals surface area contributed by atoms with E-state index in [-0.39, 0.29) is 12.6 Å². The van der Waals surface area contributed by atoms with E-state index in [0.717, 1.165) is 18.4 Å². The molecule has 7 nitrogen and oxygen atoms in total. The third-order valence-corrected chi connectivity index (χ3v) is 3.57. The number of nitrogens with zero attached hydrogens (tertiary/aromatic N) is 3. The van der Waals surface area contributed by atoms with Crippen LogP contribution < -0.4 is 0 Å². The number of rotatable bonds is 3. The Labute approximate surface area is 129 Å². The average molecular weight is 309 g/mol. The maximum atomic E-state index is 12.0. The maximum absolute atomic E-state index is 12.0. The molecule has 1 aliphatic heterocycles. The fraction of sp³-hybridized carbons (Fsp3) is 0.667. The fourth-order valence-corrected chi connectivity index (χ4v) is 2.54. The second-order valence-electron chi connectivity index (χ2n) is 6.61. The zero-order valence-electron chi connectivity index (χ0n) is 13.3. The van der Waals surface area contributed by atoms with E-state index in [1.807, 2.05) is 20.8 Å². The lowest BCUT2D eigenvalue weighted by molar-refractivity contribution is -0.137. The molecule has 1 N–H and O–H groups in total. The fourth-order valence-electron chi connectivity index (χ4n) is 2.54. The van der Waals surface area contributed by atoms with E-state index < -0.39 is 11.6 Å². The Morgan fingerprint density at radius 3 is 2.55 bits per heavy atom. The molecule has 1 aromatic rings. The number of amides is 1. The molecular formula is C15H23N3O4. The van der Waals surface area contributed by atoms with Gasteiger partial charge in [-0.15, -0.1) is 0 Å². The van der Waals surface area contributed by atoms with Gasteiger partial charge in [-0.1, -0.05) is 0 Å². The highest BCUT2D eigenvalue weighted by molar-refractivity contribution is 5.68. The van der Waals surface area contributed by atoms with E-state index in [1.54, 1.807) is 17.3 Å². The largest absolute Gasteiger partial charge is 0.480 e. The Balaban J connectivity index is 1.88. The molecule has 7 heteroatoms. The standard InChI is InChI=1S/C15H23N3O4/c1-15(2,3)22-14(21)17-6-4-11(5-7-17)12-8-16-18(9-12)10-13(19)20/h8-9,11H,4-7,10H2,1-3H3,(H,19,20). The minimum Gasteiger partial charge on any atom is -0.480 e. The molecule has 0 saturated carbocycles. The van der Waals surface area contributed by atoms with Crippen LogP contribution in [0.4, 0.5) is 4.79 Å². The van der Waals surface area contributed by atoms with E-state index in [9.17, 15) is 9.59 Å². The molecule has 0 aliphatic carbocycles. The number of likely N-dealkylation sites (tertiary alicyclic amines) is 1. The minimum absolute atomic E-state index is 0.128. The highest BCUT2D eigenvalue weighted by Crippen LogP contribution is 2.28. The first-order valence-corrected chi connectivity index (χ1v) is 7.46. The van der Waals surface area contributed by atoms with Crippen molar-refractivity contribution in [3.05, 3.63) is 18.0 Å². The van der Waals surface area contributed by atoms with Gasteiger partial charge in [0.15, 0.2) is 0 Å². The summed E-state index contributed by atoms with van der Waals surface area (Å²) in [5.41, 5.74) is 0.552. The molecule has 1 fully saturated rings. The Morgan fingerprint density at radius 2 is 2.00 bits per heavy atom. The average Bonchev–Trinajstić information content (AvgIpc) is 2.84. The van der Waals surface area contributed by atoms with Gasteiger partial charge in [0, 0.05) is 19.3 Å². The number of carboxylic acid groups (broad SMARTS) is 1. The van der Waals surface area contributed by atoms with Crippen LogP contribution in [0.15, 0.2) is 12.4 Å². The first-order chi connectivity index (χ1) is 10.2. The summed E-state index contributed by atoms with van der Waals surface area (Å²) in [5.74, 6) is -0.601. The van der Waals surface area contributed by atoms with Crippen molar-refractivity contribution in [2.75, 3.05) is 13.1 Å². The third kappa shape index (κ3) is 4.47. The molecule has 1 saturated heterocycles. The normalized spacial score (nSPS) is 16.6. The van der Waals surface area contributed by atoms with Crippen molar-refractivity contribution in [1.82, 2.24) is 14.7 Å². The van der Waals surface area contributed by atoms with E-state index >= 15 is 0 Å². The van der Waals surface area contributed by atoms with Crippen LogP contribution in [0.1, 0.15) is 45.1 Å². The van der Waals surface area contributed by atoms with Gasteiger partial charge >= 0.3 is 12.1 Å². The molecule has 1 aromatic heterocycles. The molecule has 0 aromatic carbocycles. The summed E-state index contributed by atoms with van der Waals surface area (Å²) < 4.78 is 6.80. The van der Waals surface area contributed by atoms with Crippen molar-refractivity contribution in [2.45, 2.75) is 51.7 Å². The predicted molar refractivity (Wildman–Crippen MR) is 79.6 cm³/mol. The van der Waals surface area contributed by atoms with Gasteiger partial charge in [0.25, 0.3) is 0 Å². The van der Waals surface area contributed by atoms with E-state index in [2.05, 4.69) is 5.10 Å². The number of aliphatic carboxylic acids is 1. The molecule has 2 heterocycles. The number of carbonyl (C=O) groups excluding carboxylic acids is 1. The Kier molecular flexibility index (Phi) is 4.73. The topological polar surface area (TPSA) is 84.7 Å². The molecule has 22 heavy (non-hydrogen) atoms. The molecule has 0 atom stereocenters. The number of hydrogen-bond acceptors (Lipinski definition) is 4. The van der Waals surface area contributed by atoms with Crippen molar-refractivity contribution in [2.24, 2.45) is 0 Å². The summed E-state index contributed by atoms with van der Waals surface area (Å²) in [6, 6.07) is 0. The second-order valence-corrected chi connectivity index (χ2v) is 6.61. The molecule has 0 spiro atoms. The lowest BCUT2D eigenvalue weighted by Crippen LogP contribution is -2.41. The van der Waals surface area contributed by atoms with Gasteiger partial charge in [0.2, 0.25) is 0 Å². The molecule has 1 aliphatic rings. The zero-order chi connectivity index (χ0) is 16.3. The molecule has 0 radical (unpaired) electrons. The van der Waals surface area contributed by atoms with Crippen LogP contribution in [0, 0.1) is 0 Å². The van der Waals surface area contributed by atoms with Gasteiger partial charge in [-0.25, -0.2) is 4.79 Å². The molecule has 2 rings (SSSR count). The Bertz CT molecular complexity index is 539. The van der Waals surface area contributed by atoms with Gasteiger partial charge in [0.05, 0.1) is 6.20 Å². The highest BCUT2D eigenvalue weighted by Gasteiger charge is 2.28. The van der Waals surface area contributed by atoms with Crippen LogP contribution >= 0.6 is 0 Å². The van der Waals surface area contributed by atoms with Gasteiger partial charge < -0.3 is 14.7 Å². The van der Waals surface area contributed by atoms with Gasteiger partial charge in [-0.05, 0) is 45.1 Å². The lowest BCUT2D eigenvalue weighted by Gasteiger charge is -2.33. The first-order valence-electron chi connectivity index (χ1n) is 7.46. The molecule has 0 bridgehead atoms. The Morgan fingerprint density at radius 1 is 1.36 bits per heavy atom. The quantitative estimate of drug-likeness (QED) is 0.924. The number of hydrogen-bond donors (Lipinski definition) is 1. The molecule has 0 unspecified atom stereocenters. The predicted octanol–water partition coefficient (Wildman–Crippen LogP) is 2.08. The molecular weight excluding hydrogens is 286 g/mol. The summed E-state index contributed by atoms with van der Waals surface area (Å²) in [5, 5.41) is 12.8. The first kappa shape index (κ1) is 16.3. The van der Waals surface area contributed by atoms with Gasteiger partial charge in [0.1, 0.15) is 12.1 Å². The summed E-state index contributed by atoms with van der Waals surface area (Å²) in [7, 11) is 0. The number of carboxylic acids is 1. The van der Waals surface area contributed by atoms with Crippen molar-refractivity contribution >= 4 is 12.1 Å². The van der Waals surface area contributed by atoms with Crippen LogP contribution in [0.2, 0.25) is 0 Å². The van der Waals surface area contributed by atoms with Gasteiger partial charge in [-0.3, -0.25) is 9.48 Å². The number of carbonyl (C=O) groups is 2. The highest BCUT2D eigenvalue weighted by atomic mass is 16.6. The second kappa shape index (κ2) is 6.37. The lowest BCUT2D eigenvalue weighted by atomic mass is 9.92. The van der Waals surface area contributed by atoms with Crippen molar-refractivity contribution < 1.29 is 19.4 Å². The van der Waals surface area contributed by atoms with Crippen molar-refractivity contribution in [1.29, 1.82) is 0 Å².